The predicted molar refractivity (Wildman–Crippen MR) is 91.7 cm³/mol. The van der Waals surface area contributed by atoms with E-state index in [4.69, 9.17) is 9.47 Å². The van der Waals surface area contributed by atoms with E-state index in [2.05, 4.69) is 42.1 Å². The zero-order chi connectivity index (χ0) is 16.1. The Bertz CT molecular complexity index is 509. The predicted octanol–water partition coefficient (Wildman–Crippen LogP) is 2.22. The second kappa shape index (κ2) is 7.99. The number of hydrogen-bond donors (Lipinski definition) is 3. The van der Waals surface area contributed by atoms with Gasteiger partial charge in [-0.15, -0.1) is 0 Å². The second-order valence-electron chi connectivity index (χ2n) is 6.80. The normalized spacial score (nSPS) is 24.1. The SMILES string of the molecule is CC(CCc1ccc2c(c1)OCO2)NCCCC1CNNC1C. The summed E-state index contributed by atoms with van der Waals surface area (Å²) in [5.74, 6) is 2.52. The molecule has 3 N–H and O–H groups in total. The van der Waals surface area contributed by atoms with Crippen LogP contribution in [0.1, 0.15) is 38.7 Å². The van der Waals surface area contributed by atoms with Crippen LogP contribution in [0.4, 0.5) is 0 Å². The summed E-state index contributed by atoms with van der Waals surface area (Å²) in [6.45, 7) is 7.08. The van der Waals surface area contributed by atoms with Gasteiger partial charge in [-0.3, -0.25) is 10.9 Å². The van der Waals surface area contributed by atoms with Crippen LogP contribution >= 0.6 is 0 Å². The maximum absolute atomic E-state index is 5.43. The van der Waals surface area contributed by atoms with Crippen molar-refractivity contribution >= 4 is 0 Å². The first-order valence-electron chi connectivity index (χ1n) is 8.82. The van der Waals surface area contributed by atoms with Crippen LogP contribution in [0.15, 0.2) is 18.2 Å². The second-order valence-corrected chi connectivity index (χ2v) is 6.80. The number of ether oxygens (including phenoxy) is 2. The van der Waals surface area contributed by atoms with Crippen LogP contribution in [0.3, 0.4) is 0 Å². The average Bonchev–Trinajstić information content (AvgIpc) is 3.18. The maximum Gasteiger partial charge on any atom is 0.231 e. The van der Waals surface area contributed by atoms with Gasteiger partial charge in [-0.25, -0.2) is 0 Å². The molecule has 3 rings (SSSR count). The Hall–Kier alpha value is -1.30. The highest BCUT2D eigenvalue weighted by Gasteiger charge is 2.21. The van der Waals surface area contributed by atoms with E-state index in [1.54, 1.807) is 0 Å². The lowest BCUT2D eigenvalue weighted by Gasteiger charge is -2.16. The zero-order valence-electron chi connectivity index (χ0n) is 14.2. The summed E-state index contributed by atoms with van der Waals surface area (Å²) in [6.07, 6.45) is 4.73. The van der Waals surface area contributed by atoms with Crippen molar-refractivity contribution in [3.63, 3.8) is 0 Å². The monoisotopic (exact) mass is 319 g/mol. The largest absolute Gasteiger partial charge is 0.454 e. The molecule has 2 aliphatic heterocycles. The molecule has 5 heteroatoms. The first-order valence-corrected chi connectivity index (χ1v) is 8.82. The van der Waals surface area contributed by atoms with Gasteiger partial charge in [-0.1, -0.05) is 6.07 Å². The summed E-state index contributed by atoms with van der Waals surface area (Å²) < 4.78 is 10.8. The van der Waals surface area contributed by atoms with E-state index in [0.29, 0.717) is 18.9 Å². The number of rotatable bonds is 8. The summed E-state index contributed by atoms with van der Waals surface area (Å²) in [6, 6.07) is 7.40. The topological polar surface area (TPSA) is 54.6 Å². The lowest BCUT2D eigenvalue weighted by molar-refractivity contribution is 0.174. The van der Waals surface area contributed by atoms with Crippen molar-refractivity contribution in [3.05, 3.63) is 23.8 Å². The van der Waals surface area contributed by atoms with Gasteiger partial charge in [0, 0.05) is 18.6 Å². The van der Waals surface area contributed by atoms with Crippen molar-refractivity contribution < 1.29 is 9.47 Å². The van der Waals surface area contributed by atoms with Crippen LogP contribution < -0.4 is 25.6 Å². The molecule has 1 saturated heterocycles. The Balaban J connectivity index is 1.31. The van der Waals surface area contributed by atoms with Crippen LogP contribution in [0.25, 0.3) is 0 Å². The van der Waals surface area contributed by atoms with Gasteiger partial charge in [-0.2, -0.15) is 0 Å². The summed E-state index contributed by atoms with van der Waals surface area (Å²) in [5.41, 5.74) is 7.84. The molecule has 3 unspecified atom stereocenters. The van der Waals surface area contributed by atoms with E-state index in [1.807, 2.05) is 6.07 Å². The fourth-order valence-corrected chi connectivity index (χ4v) is 3.29. The molecule has 128 valence electrons. The van der Waals surface area contributed by atoms with Gasteiger partial charge in [-0.05, 0) is 69.7 Å². The maximum atomic E-state index is 5.43. The smallest absolute Gasteiger partial charge is 0.231 e. The summed E-state index contributed by atoms with van der Waals surface area (Å²) in [5, 5.41) is 3.65. The van der Waals surface area contributed by atoms with Gasteiger partial charge in [0.25, 0.3) is 0 Å². The Morgan fingerprint density at radius 2 is 2.17 bits per heavy atom. The van der Waals surface area contributed by atoms with Crippen molar-refractivity contribution in [2.45, 2.75) is 51.6 Å². The number of hydrogen-bond acceptors (Lipinski definition) is 5. The quantitative estimate of drug-likeness (QED) is 0.642. The van der Waals surface area contributed by atoms with Crippen LogP contribution in [-0.4, -0.2) is 32.0 Å². The van der Waals surface area contributed by atoms with Crippen LogP contribution in [-0.2, 0) is 6.42 Å². The first-order chi connectivity index (χ1) is 11.2. The van der Waals surface area contributed by atoms with Gasteiger partial charge in [0.1, 0.15) is 0 Å². The van der Waals surface area contributed by atoms with Crippen molar-refractivity contribution in [3.8, 4) is 11.5 Å². The van der Waals surface area contributed by atoms with E-state index in [0.717, 1.165) is 43.3 Å². The molecular weight excluding hydrogens is 290 g/mol. The summed E-state index contributed by atoms with van der Waals surface area (Å²) >= 11 is 0. The molecule has 0 amide bonds. The highest BCUT2D eigenvalue weighted by atomic mass is 16.7. The minimum absolute atomic E-state index is 0.349. The van der Waals surface area contributed by atoms with E-state index in [-0.39, 0.29) is 0 Å². The van der Waals surface area contributed by atoms with Crippen LogP contribution in [0.2, 0.25) is 0 Å². The van der Waals surface area contributed by atoms with Gasteiger partial charge in [0.15, 0.2) is 11.5 Å². The number of benzene rings is 1. The molecular formula is C18H29N3O2. The zero-order valence-corrected chi connectivity index (χ0v) is 14.2. The third kappa shape index (κ3) is 4.59. The minimum Gasteiger partial charge on any atom is -0.454 e. The molecule has 1 fully saturated rings. The molecule has 0 aromatic heterocycles. The standard InChI is InChI=1S/C18H29N3O2/c1-13(19-9-3-4-16-11-20-21-14(16)2)5-6-15-7-8-17-18(10-15)23-12-22-17/h7-8,10,13-14,16,19-21H,3-6,9,11-12H2,1-2H3. The molecule has 0 spiro atoms. The summed E-state index contributed by atoms with van der Waals surface area (Å²) in [4.78, 5) is 0. The van der Waals surface area contributed by atoms with Crippen LogP contribution in [0.5, 0.6) is 11.5 Å². The van der Waals surface area contributed by atoms with E-state index in [9.17, 15) is 0 Å². The number of fused-ring (bicyclic) bond motifs is 1. The van der Waals surface area contributed by atoms with Gasteiger partial charge < -0.3 is 14.8 Å². The fraction of sp³-hybridized carbons (Fsp3) is 0.667. The van der Waals surface area contributed by atoms with Gasteiger partial charge >= 0.3 is 0 Å². The van der Waals surface area contributed by atoms with Gasteiger partial charge in [0.05, 0.1) is 0 Å². The van der Waals surface area contributed by atoms with Crippen molar-refractivity contribution in [1.82, 2.24) is 16.2 Å². The fourth-order valence-electron chi connectivity index (χ4n) is 3.29. The molecule has 1 aromatic carbocycles. The molecule has 1 aromatic rings. The third-order valence-electron chi connectivity index (χ3n) is 4.95. The van der Waals surface area contributed by atoms with Gasteiger partial charge in [0.2, 0.25) is 6.79 Å². The molecule has 3 atom stereocenters. The number of aryl methyl sites for hydroxylation is 1. The third-order valence-corrected chi connectivity index (χ3v) is 4.95. The molecule has 23 heavy (non-hydrogen) atoms. The number of nitrogens with one attached hydrogen (secondary N) is 3. The lowest BCUT2D eigenvalue weighted by atomic mass is 9.98. The first kappa shape index (κ1) is 16.6. The Morgan fingerprint density at radius 3 is 3.00 bits per heavy atom. The van der Waals surface area contributed by atoms with E-state index < -0.39 is 0 Å². The lowest BCUT2D eigenvalue weighted by Crippen LogP contribution is -2.29. The molecule has 2 heterocycles. The molecule has 0 bridgehead atoms. The minimum atomic E-state index is 0.349. The molecule has 5 nitrogen and oxygen atoms in total. The highest BCUT2D eigenvalue weighted by Crippen LogP contribution is 2.32. The molecule has 2 aliphatic rings. The van der Waals surface area contributed by atoms with Crippen molar-refractivity contribution in [2.24, 2.45) is 5.92 Å². The highest BCUT2D eigenvalue weighted by molar-refractivity contribution is 5.44. The molecule has 0 radical (unpaired) electrons. The van der Waals surface area contributed by atoms with Crippen molar-refractivity contribution in [2.75, 3.05) is 19.9 Å². The summed E-state index contributed by atoms with van der Waals surface area (Å²) in [7, 11) is 0. The van der Waals surface area contributed by atoms with E-state index in [1.165, 1.54) is 18.4 Å². The van der Waals surface area contributed by atoms with E-state index >= 15 is 0 Å². The Morgan fingerprint density at radius 1 is 1.30 bits per heavy atom. The average molecular weight is 319 g/mol. The van der Waals surface area contributed by atoms with Crippen LogP contribution in [0, 0.1) is 5.92 Å². The number of hydrazine groups is 1. The molecule has 0 aliphatic carbocycles. The van der Waals surface area contributed by atoms with Crippen molar-refractivity contribution in [1.29, 1.82) is 0 Å². The Kier molecular flexibility index (Phi) is 5.75. The molecule has 0 saturated carbocycles. The Labute approximate surface area is 139 Å².